The molecule has 1 heterocycles. The molecule has 1 atom stereocenters. The molecule has 1 rings (SSSR count). The molecule has 0 aromatic carbocycles. The van der Waals surface area contributed by atoms with Crippen molar-refractivity contribution in [3.8, 4) is 0 Å². The second-order valence-electron chi connectivity index (χ2n) is 2.62. The van der Waals surface area contributed by atoms with Gasteiger partial charge in [-0.2, -0.15) is 0 Å². The number of rotatable bonds is 4. The van der Waals surface area contributed by atoms with Crippen molar-refractivity contribution in [3.05, 3.63) is 28.0 Å². The summed E-state index contributed by atoms with van der Waals surface area (Å²) in [6.45, 7) is 0.426. The molecule has 0 amide bonds. The van der Waals surface area contributed by atoms with E-state index in [2.05, 4.69) is 0 Å². The van der Waals surface area contributed by atoms with Crippen LogP contribution in [-0.2, 0) is 0 Å². The zero-order valence-corrected chi connectivity index (χ0v) is 6.97. The van der Waals surface area contributed by atoms with Gasteiger partial charge in [0.25, 0.3) is 0 Å². The lowest BCUT2D eigenvalue weighted by Crippen LogP contribution is -2.14. The monoisotopic (exact) mass is 185 g/mol. The van der Waals surface area contributed by atoms with E-state index >= 15 is 0 Å². The quantitative estimate of drug-likeness (QED) is 0.525. The third kappa shape index (κ3) is 2.27. The van der Waals surface area contributed by atoms with Crippen LogP contribution in [0.3, 0.4) is 0 Å². The van der Waals surface area contributed by atoms with Crippen LogP contribution in [0.1, 0.15) is 18.2 Å². The summed E-state index contributed by atoms with van der Waals surface area (Å²) in [5.41, 5.74) is 10.9. The summed E-state index contributed by atoms with van der Waals surface area (Å²) in [4.78, 5) is 9.64. The Morgan fingerprint density at radius 1 is 1.62 bits per heavy atom. The highest BCUT2D eigenvalue weighted by molar-refractivity contribution is 5.19. The molecule has 0 aliphatic carbocycles. The molecular weight excluding hydrogens is 174 g/mol. The van der Waals surface area contributed by atoms with Gasteiger partial charge in [0.1, 0.15) is 10.7 Å². The maximum Gasteiger partial charge on any atom is 0.433 e. The lowest BCUT2D eigenvalue weighted by atomic mass is 10.2. The fraction of sp³-hybridized carbons (Fsp3) is 0.429. The van der Waals surface area contributed by atoms with Crippen molar-refractivity contribution in [2.45, 2.75) is 12.5 Å². The normalized spacial score (nSPS) is 12.8. The van der Waals surface area contributed by atoms with Gasteiger partial charge in [-0.15, -0.1) is 0 Å². The van der Waals surface area contributed by atoms with Gasteiger partial charge in [0, 0.05) is 0 Å². The Labute approximate surface area is 74.7 Å². The molecule has 1 aromatic rings. The average Bonchev–Trinajstić information content (AvgIpc) is 2.52. The third-order valence-electron chi connectivity index (χ3n) is 1.64. The second kappa shape index (κ2) is 4.01. The van der Waals surface area contributed by atoms with Crippen molar-refractivity contribution < 1.29 is 9.34 Å². The molecule has 0 saturated carbocycles. The molecule has 0 aliphatic heterocycles. The van der Waals surface area contributed by atoms with Crippen LogP contribution < -0.4 is 11.5 Å². The Hall–Kier alpha value is -1.40. The van der Waals surface area contributed by atoms with Gasteiger partial charge in [0.05, 0.1) is 12.1 Å². The molecule has 0 unspecified atom stereocenters. The van der Waals surface area contributed by atoms with Gasteiger partial charge < -0.3 is 15.9 Å². The third-order valence-corrected chi connectivity index (χ3v) is 1.64. The number of furan rings is 1. The van der Waals surface area contributed by atoms with Crippen LogP contribution in [0.2, 0.25) is 0 Å². The highest BCUT2D eigenvalue weighted by atomic mass is 16.6. The van der Waals surface area contributed by atoms with Crippen molar-refractivity contribution >= 4 is 5.88 Å². The van der Waals surface area contributed by atoms with Crippen molar-refractivity contribution in [3.63, 3.8) is 0 Å². The summed E-state index contributed by atoms with van der Waals surface area (Å²) in [5.74, 6) is 0.111. The van der Waals surface area contributed by atoms with Gasteiger partial charge in [-0.1, -0.05) is 0 Å². The fourth-order valence-electron chi connectivity index (χ4n) is 0.961. The molecule has 0 aliphatic rings. The molecular formula is C7H11N3O3. The zero-order valence-electron chi connectivity index (χ0n) is 6.97. The maximum absolute atomic E-state index is 10.2. The summed E-state index contributed by atoms with van der Waals surface area (Å²) in [6.07, 6.45) is 0.546. The highest BCUT2D eigenvalue weighted by Crippen LogP contribution is 2.21. The maximum atomic E-state index is 10.2. The molecule has 0 radical (unpaired) electrons. The van der Waals surface area contributed by atoms with E-state index in [1.807, 2.05) is 0 Å². The van der Waals surface area contributed by atoms with Crippen molar-refractivity contribution in [1.29, 1.82) is 0 Å². The van der Waals surface area contributed by atoms with Gasteiger partial charge in [0.2, 0.25) is 0 Å². The van der Waals surface area contributed by atoms with Gasteiger partial charge in [-0.25, -0.2) is 0 Å². The fourth-order valence-corrected chi connectivity index (χ4v) is 0.961. The molecule has 0 fully saturated rings. The summed E-state index contributed by atoms with van der Waals surface area (Å²) in [5, 5.41) is 10.2. The first-order valence-corrected chi connectivity index (χ1v) is 3.85. The number of nitrogens with zero attached hydrogens (tertiary/aromatic N) is 1. The van der Waals surface area contributed by atoms with Crippen LogP contribution in [0.25, 0.3) is 0 Å². The van der Waals surface area contributed by atoms with Crippen molar-refractivity contribution in [1.82, 2.24) is 0 Å². The molecule has 0 saturated heterocycles. The molecule has 0 bridgehead atoms. The van der Waals surface area contributed by atoms with Gasteiger partial charge in [-0.05, 0) is 19.0 Å². The largest absolute Gasteiger partial charge is 0.433 e. The molecule has 6 heteroatoms. The van der Waals surface area contributed by atoms with Gasteiger partial charge in [0.15, 0.2) is 0 Å². The van der Waals surface area contributed by atoms with E-state index in [9.17, 15) is 10.1 Å². The van der Waals surface area contributed by atoms with E-state index in [-0.39, 0.29) is 11.9 Å². The molecule has 6 nitrogen and oxygen atoms in total. The Bertz CT molecular complexity index is 297. The Morgan fingerprint density at radius 3 is 2.77 bits per heavy atom. The van der Waals surface area contributed by atoms with E-state index in [0.717, 1.165) is 0 Å². The first-order valence-electron chi connectivity index (χ1n) is 3.85. The lowest BCUT2D eigenvalue weighted by molar-refractivity contribution is -0.402. The van der Waals surface area contributed by atoms with E-state index in [1.165, 1.54) is 12.1 Å². The van der Waals surface area contributed by atoms with E-state index in [4.69, 9.17) is 15.9 Å². The van der Waals surface area contributed by atoms with Gasteiger partial charge in [-0.3, -0.25) is 10.1 Å². The van der Waals surface area contributed by atoms with Crippen LogP contribution in [0.5, 0.6) is 0 Å². The predicted molar refractivity (Wildman–Crippen MR) is 46.0 cm³/mol. The van der Waals surface area contributed by atoms with Crippen molar-refractivity contribution in [2.75, 3.05) is 6.54 Å². The number of hydrogen-bond acceptors (Lipinski definition) is 5. The molecule has 13 heavy (non-hydrogen) atoms. The van der Waals surface area contributed by atoms with Crippen LogP contribution in [0.15, 0.2) is 16.5 Å². The summed E-state index contributed by atoms with van der Waals surface area (Å²) in [7, 11) is 0. The number of nitrogens with two attached hydrogens (primary N) is 2. The van der Waals surface area contributed by atoms with Crippen molar-refractivity contribution in [2.24, 2.45) is 11.5 Å². The molecule has 4 N–H and O–H groups in total. The van der Waals surface area contributed by atoms with Gasteiger partial charge >= 0.3 is 5.88 Å². The summed E-state index contributed by atoms with van der Waals surface area (Å²) >= 11 is 0. The van der Waals surface area contributed by atoms with Crippen LogP contribution >= 0.6 is 0 Å². The van der Waals surface area contributed by atoms with Crippen LogP contribution in [0, 0.1) is 10.1 Å². The standard InChI is InChI=1S/C7H11N3O3/c8-4-3-5(9)6-1-2-7(13-6)10(11)12/h1-2,5H,3-4,8-9H2/t5-/m0/s1. The smallest absolute Gasteiger partial charge is 0.404 e. The van der Waals surface area contributed by atoms with E-state index in [0.29, 0.717) is 18.7 Å². The minimum absolute atomic E-state index is 0.289. The van der Waals surface area contributed by atoms with E-state index < -0.39 is 4.92 Å². The summed E-state index contributed by atoms with van der Waals surface area (Å²) < 4.78 is 4.88. The van der Waals surface area contributed by atoms with Crippen LogP contribution in [0.4, 0.5) is 5.88 Å². The first kappa shape index (κ1) is 9.69. The Balaban J connectivity index is 2.73. The first-order chi connectivity index (χ1) is 6.15. The minimum atomic E-state index is -0.599. The Morgan fingerprint density at radius 2 is 2.31 bits per heavy atom. The zero-order chi connectivity index (χ0) is 9.84. The van der Waals surface area contributed by atoms with Crippen LogP contribution in [-0.4, -0.2) is 11.5 Å². The predicted octanol–water partition coefficient (Wildman–Crippen LogP) is 0.536. The summed E-state index contributed by atoms with van der Waals surface area (Å²) in [6, 6.07) is 2.42. The molecule has 0 spiro atoms. The molecule has 1 aromatic heterocycles. The van der Waals surface area contributed by atoms with E-state index in [1.54, 1.807) is 0 Å². The average molecular weight is 185 g/mol. The number of hydrogen-bond donors (Lipinski definition) is 2. The molecule has 72 valence electrons. The topological polar surface area (TPSA) is 108 Å². The minimum Gasteiger partial charge on any atom is -0.404 e. The number of nitro groups is 1. The highest BCUT2D eigenvalue weighted by Gasteiger charge is 2.15. The Kier molecular flexibility index (Phi) is 2.99. The second-order valence-corrected chi connectivity index (χ2v) is 2.62. The lowest BCUT2D eigenvalue weighted by Gasteiger charge is -2.04. The SMILES string of the molecule is NCC[C@H](N)c1ccc([N+](=O)[O-])o1.